The summed E-state index contributed by atoms with van der Waals surface area (Å²) in [5, 5.41) is 0.466. The maximum atomic E-state index is 5.44. The Morgan fingerprint density at radius 2 is 1.87 bits per heavy atom. The highest BCUT2D eigenvalue weighted by atomic mass is 32.1. The van der Waals surface area contributed by atoms with E-state index in [1.807, 2.05) is 57.4 Å². The van der Waals surface area contributed by atoms with Crippen LogP contribution in [0.1, 0.15) is 12.5 Å². The zero-order valence-corrected chi connectivity index (χ0v) is 10.0. The summed E-state index contributed by atoms with van der Waals surface area (Å²) in [4.78, 5) is 1.76. The van der Waals surface area contributed by atoms with Crippen LogP contribution in [0.25, 0.3) is 6.08 Å². The number of benzene rings is 1. The van der Waals surface area contributed by atoms with E-state index in [1.165, 1.54) is 0 Å². The van der Waals surface area contributed by atoms with Gasteiger partial charge >= 0.3 is 0 Å². The molecule has 0 radical (unpaired) electrons. The van der Waals surface area contributed by atoms with Crippen molar-refractivity contribution in [2.24, 2.45) is 0 Å². The number of ether oxygens (including phenoxy) is 1. The molecular weight excluding hydrogens is 206 g/mol. The topological polar surface area (TPSA) is 12.5 Å². The number of nitrogens with zero attached hydrogens (tertiary/aromatic N) is 1. The summed E-state index contributed by atoms with van der Waals surface area (Å²) in [7, 11) is 3.72. The Hall–Kier alpha value is -1.35. The molecule has 80 valence electrons. The van der Waals surface area contributed by atoms with Crippen LogP contribution in [0.2, 0.25) is 0 Å². The summed E-state index contributed by atoms with van der Waals surface area (Å²) >= 11 is 5.03. The zero-order chi connectivity index (χ0) is 11.3. The van der Waals surface area contributed by atoms with Gasteiger partial charge in [0.05, 0.1) is 0 Å². The molecule has 15 heavy (non-hydrogen) atoms. The standard InChI is InChI=1S/C12H15NOS/c1-4-5-10-6-8-11(9-7-10)14-12(15)13(2)3/h4-9H,1-3H3/b5-4+. The van der Waals surface area contributed by atoms with Gasteiger partial charge in [0.25, 0.3) is 5.17 Å². The fourth-order valence-electron chi connectivity index (χ4n) is 1.03. The van der Waals surface area contributed by atoms with E-state index in [-0.39, 0.29) is 0 Å². The number of rotatable bonds is 2. The normalized spacial score (nSPS) is 10.3. The van der Waals surface area contributed by atoms with Gasteiger partial charge in [-0.15, -0.1) is 0 Å². The Bertz CT molecular complexity index is 354. The van der Waals surface area contributed by atoms with Gasteiger partial charge in [-0.25, -0.2) is 0 Å². The van der Waals surface area contributed by atoms with E-state index in [4.69, 9.17) is 17.0 Å². The minimum absolute atomic E-state index is 0.466. The van der Waals surface area contributed by atoms with Gasteiger partial charge in [0, 0.05) is 14.1 Å². The summed E-state index contributed by atoms with van der Waals surface area (Å²) < 4.78 is 5.44. The first-order valence-electron chi connectivity index (χ1n) is 4.75. The third-order valence-electron chi connectivity index (χ3n) is 1.81. The van der Waals surface area contributed by atoms with Gasteiger partial charge in [0.15, 0.2) is 0 Å². The molecule has 0 heterocycles. The molecule has 3 heteroatoms. The van der Waals surface area contributed by atoms with E-state index < -0.39 is 0 Å². The van der Waals surface area contributed by atoms with Gasteiger partial charge in [0.2, 0.25) is 0 Å². The first-order chi connectivity index (χ1) is 7.13. The first-order valence-corrected chi connectivity index (χ1v) is 5.16. The van der Waals surface area contributed by atoms with E-state index >= 15 is 0 Å². The molecule has 0 aliphatic heterocycles. The third kappa shape index (κ3) is 3.72. The predicted octanol–water partition coefficient (Wildman–Crippen LogP) is 2.95. The van der Waals surface area contributed by atoms with Crippen LogP contribution >= 0.6 is 12.2 Å². The minimum atomic E-state index is 0.466. The monoisotopic (exact) mass is 221 g/mol. The van der Waals surface area contributed by atoms with Crippen molar-refractivity contribution < 1.29 is 4.74 Å². The molecule has 0 atom stereocenters. The quantitative estimate of drug-likeness (QED) is 0.712. The lowest BCUT2D eigenvalue weighted by molar-refractivity contribution is 0.449. The lowest BCUT2D eigenvalue weighted by Crippen LogP contribution is -2.24. The van der Waals surface area contributed by atoms with Crippen LogP contribution in [-0.4, -0.2) is 24.2 Å². The van der Waals surface area contributed by atoms with E-state index in [0.717, 1.165) is 11.3 Å². The molecule has 0 fully saturated rings. The fraction of sp³-hybridized carbons (Fsp3) is 0.250. The van der Waals surface area contributed by atoms with E-state index in [0.29, 0.717) is 5.17 Å². The molecule has 1 aromatic carbocycles. The lowest BCUT2D eigenvalue weighted by atomic mass is 10.2. The van der Waals surface area contributed by atoms with Crippen molar-refractivity contribution in [2.45, 2.75) is 6.92 Å². The van der Waals surface area contributed by atoms with Crippen molar-refractivity contribution in [3.05, 3.63) is 35.9 Å². The summed E-state index contributed by atoms with van der Waals surface area (Å²) in [6.07, 6.45) is 4.04. The molecule has 0 aliphatic carbocycles. The summed E-state index contributed by atoms with van der Waals surface area (Å²) in [6, 6.07) is 7.80. The third-order valence-corrected chi connectivity index (χ3v) is 2.26. The number of hydrogen-bond donors (Lipinski definition) is 0. The van der Waals surface area contributed by atoms with Crippen LogP contribution in [0.15, 0.2) is 30.3 Å². The second-order valence-corrected chi connectivity index (χ2v) is 3.68. The van der Waals surface area contributed by atoms with Crippen LogP contribution in [0, 0.1) is 0 Å². The van der Waals surface area contributed by atoms with Gasteiger partial charge < -0.3 is 9.64 Å². The van der Waals surface area contributed by atoms with Crippen LogP contribution < -0.4 is 4.74 Å². The highest BCUT2D eigenvalue weighted by molar-refractivity contribution is 7.80. The second kappa shape index (κ2) is 5.51. The predicted molar refractivity (Wildman–Crippen MR) is 68.1 cm³/mol. The molecule has 0 amide bonds. The Morgan fingerprint density at radius 1 is 1.27 bits per heavy atom. The number of hydrogen-bond acceptors (Lipinski definition) is 2. The average molecular weight is 221 g/mol. The first kappa shape index (κ1) is 11.7. The Labute approximate surface area is 96.2 Å². The Kier molecular flexibility index (Phi) is 4.31. The van der Waals surface area contributed by atoms with Gasteiger partial charge in [-0.2, -0.15) is 0 Å². The highest BCUT2D eigenvalue weighted by Crippen LogP contribution is 2.13. The van der Waals surface area contributed by atoms with Gasteiger partial charge in [-0.3, -0.25) is 0 Å². The molecular formula is C12H15NOS. The molecule has 0 N–H and O–H groups in total. The largest absolute Gasteiger partial charge is 0.432 e. The van der Waals surface area contributed by atoms with Crippen LogP contribution in [-0.2, 0) is 0 Å². The van der Waals surface area contributed by atoms with Crippen molar-refractivity contribution in [2.75, 3.05) is 14.1 Å². The number of allylic oxidation sites excluding steroid dienone is 1. The maximum absolute atomic E-state index is 5.44. The van der Waals surface area contributed by atoms with Crippen molar-refractivity contribution in [1.29, 1.82) is 0 Å². The van der Waals surface area contributed by atoms with Crippen molar-refractivity contribution in [3.63, 3.8) is 0 Å². The number of thiocarbonyl (C=S) groups is 1. The van der Waals surface area contributed by atoms with Crippen LogP contribution in [0.5, 0.6) is 5.75 Å². The Morgan fingerprint density at radius 3 is 2.33 bits per heavy atom. The zero-order valence-electron chi connectivity index (χ0n) is 9.23. The molecule has 0 bridgehead atoms. The van der Waals surface area contributed by atoms with Crippen molar-refractivity contribution in [3.8, 4) is 5.75 Å². The summed E-state index contributed by atoms with van der Waals surface area (Å²) in [5.74, 6) is 0.766. The maximum Gasteiger partial charge on any atom is 0.264 e. The van der Waals surface area contributed by atoms with E-state index in [2.05, 4.69) is 0 Å². The molecule has 1 rings (SSSR count). The van der Waals surface area contributed by atoms with Crippen molar-refractivity contribution >= 4 is 23.5 Å². The molecule has 0 saturated heterocycles. The van der Waals surface area contributed by atoms with Crippen LogP contribution in [0.3, 0.4) is 0 Å². The molecule has 0 aliphatic rings. The summed E-state index contributed by atoms with van der Waals surface area (Å²) in [5.41, 5.74) is 1.15. The van der Waals surface area contributed by atoms with E-state index in [1.54, 1.807) is 4.90 Å². The van der Waals surface area contributed by atoms with Gasteiger partial charge in [-0.05, 0) is 36.8 Å². The SMILES string of the molecule is C/C=C/c1ccc(OC(=S)N(C)C)cc1. The molecule has 0 saturated carbocycles. The average Bonchev–Trinajstić information content (AvgIpc) is 2.21. The molecule has 2 nitrogen and oxygen atoms in total. The highest BCUT2D eigenvalue weighted by Gasteiger charge is 2.01. The van der Waals surface area contributed by atoms with Crippen LogP contribution in [0.4, 0.5) is 0 Å². The van der Waals surface area contributed by atoms with E-state index in [9.17, 15) is 0 Å². The smallest absolute Gasteiger partial charge is 0.264 e. The molecule has 1 aromatic rings. The fourth-order valence-corrected chi connectivity index (χ4v) is 1.13. The molecule has 0 aromatic heterocycles. The molecule has 0 spiro atoms. The Balaban J connectivity index is 2.68. The second-order valence-electron chi connectivity index (χ2n) is 3.33. The minimum Gasteiger partial charge on any atom is -0.432 e. The lowest BCUT2D eigenvalue weighted by Gasteiger charge is -2.13. The van der Waals surface area contributed by atoms with Gasteiger partial charge in [-0.1, -0.05) is 24.3 Å². The van der Waals surface area contributed by atoms with Gasteiger partial charge in [0.1, 0.15) is 5.75 Å². The van der Waals surface area contributed by atoms with Crippen molar-refractivity contribution in [1.82, 2.24) is 4.90 Å². The molecule has 0 unspecified atom stereocenters. The summed E-state index contributed by atoms with van der Waals surface area (Å²) in [6.45, 7) is 1.99.